The summed E-state index contributed by atoms with van der Waals surface area (Å²) in [5, 5.41) is 24.6. The maximum absolute atomic E-state index is 13.5. The molecule has 1 saturated heterocycles. The molecule has 42 heavy (non-hydrogen) atoms. The number of piperidine rings is 1. The van der Waals surface area contributed by atoms with Crippen molar-refractivity contribution in [1.29, 1.82) is 0 Å². The molecule has 0 bridgehead atoms. The van der Waals surface area contributed by atoms with Gasteiger partial charge in [0.05, 0.1) is 5.02 Å². The Morgan fingerprint density at radius 1 is 1.14 bits per heavy atom. The molecule has 1 aliphatic rings. The number of esters is 1. The summed E-state index contributed by atoms with van der Waals surface area (Å²) in [5.74, 6) is -2.17. The summed E-state index contributed by atoms with van der Waals surface area (Å²) in [6, 6.07) is 8.18. The number of aromatic hydroxyl groups is 2. The average Bonchev–Trinajstić information content (AvgIpc) is 2.87. The van der Waals surface area contributed by atoms with E-state index in [9.17, 15) is 24.6 Å². The van der Waals surface area contributed by atoms with Crippen molar-refractivity contribution in [3.63, 3.8) is 0 Å². The number of rotatable bonds is 6. The minimum atomic E-state index is -0.998. The number of ether oxygens (including phenoxy) is 2. The molecular formula is C31H37ClN2O8. The predicted molar refractivity (Wildman–Crippen MR) is 159 cm³/mol. The molecule has 3 N–H and O–H groups in total. The summed E-state index contributed by atoms with van der Waals surface area (Å²) >= 11 is 6.37. The second kappa shape index (κ2) is 12.2. The lowest BCUT2D eigenvalue weighted by atomic mass is 9.85. The molecule has 4 rings (SSSR count). The molecule has 0 aliphatic carbocycles. The van der Waals surface area contributed by atoms with Crippen molar-refractivity contribution in [3.05, 3.63) is 57.2 Å². The molecule has 1 amide bonds. The predicted octanol–water partition coefficient (Wildman–Crippen LogP) is 5.40. The lowest BCUT2D eigenvalue weighted by Crippen LogP contribution is -2.50. The minimum Gasteiger partial charge on any atom is -0.507 e. The molecule has 3 aromatic rings. The van der Waals surface area contributed by atoms with Gasteiger partial charge in [-0.05, 0) is 58.8 Å². The number of phenols is 2. The fourth-order valence-electron chi connectivity index (χ4n) is 5.15. The average molecular weight is 601 g/mol. The summed E-state index contributed by atoms with van der Waals surface area (Å²) in [7, 11) is 1.88. The summed E-state index contributed by atoms with van der Waals surface area (Å²) in [6.45, 7) is 9.63. The van der Waals surface area contributed by atoms with Crippen molar-refractivity contribution in [2.24, 2.45) is 5.92 Å². The maximum Gasteiger partial charge on any atom is 0.408 e. The first-order valence-corrected chi connectivity index (χ1v) is 14.2. The molecule has 11 heteroatoms. The molecule has 2 unspecified atom stereocenters. The molecule has 226 valence electrons. The lowest BCUT2D eigenvalue weighted by Gasteiger charge is -2.37. The molecule has 10 nitrogen and oxygen atoms in total. The number of benzene rings is 2. The van der Waals surface area contributed by atoms with Gasteiger partial charge < -0.3 is 34.3 Å². The number of likely N-dealkylation sites (tertiary alicyclic amines) is 1. The Morgan fingerprint density at radius 3 is 2.48 bits per heavy atom. The largest absolute Gasteiger partial charge is 0.507 e. The normalized spacial score (nSPS) is 18.6. The lowest BCUT2D eigenvalue weighted by molar-refractivity contribution is -0.156. The number of carbonyl (C=O) groups is 2. The van der Waals surface area contributed by atoms with Crippen molar-refractivity contribution in [1.82, 2.24) is 10.2 Å². The Kier molecular flexibility index (Phi) is 9.08. The van der Waals surface area contributed by atoms with Crippen LogP contribution in [0.1, 0.15) is 52.5 Å². The number of hydrogen-bond donors (Lipinski definition) is 3. The van der Waals surface area contributed by atoms with E-state index in [0.29, 0.717) is 30.1 Å². The van der Waals surface area contributed by atoms with E-state index in [4.69, 9.17) is 25.5 Å². The highest BCUT2D eigenvalue weighted by atomic mass is 35.5. The number of amides is 1. The third-order valence-corrected chi connectivity index (χ3v) is 7.46. The standard InChI is InChI=1S/C31H37ClN2O8/c1-16(2)27(33-30(39)42-31(3,4)5)29(38)41-24-15-34(6)12-11-18(24)25-20(35)13-21(36)26-22(37)14-23(40-28(25)26)17-9-7-8-10-19(17)32/h7-10,13-14,16,18,24,27,35-36H,11-12,15H2,1-6H3,(H,33,39)/t18?,24?,27-/m0/s1. The van der Waals surface area contributed by atoms with E-state index >= 15 is 0 Å². The quantitative estimate of drug-likeness (QED) is 0.317. The number of phenolic OH excluding ortho intramolecular Hbond substituents is 2. The van der Waals surface area contributed by atoms with E-state index in [2.05, 4.69) is 5.32 Å². The van der Waals surface area contributed by atoms with Gasteiger partial charge in [0.15, 0.2) is 5.43 Å². The molecule has 1 aliphatic heterocycles. The zero-order chi connectivity index (χ0) is 30.9. The highest BCUT2D eigenvalue weighted by molar-refractivity contribution is 6.33. The number of nitrogens with one attached hydrogen (secondary N) is 1. The Hall–Kier alpha value is -3.76. The Balaban J connectivity index is 1.76. The summed E-state index contributed by atoms with van der Waals surface area (Å²) in [4.78, 5) is 41.2. The molecule has 0 radical (unpaired) electrons. The minimum absolute atomic E-state index is 0.0159. The van der Waals surface area contributed by atoms with Crippen LogP contribution in [-0.4, -0.2) is 65.1 Å². The van der Waals surface area contributed by atoms with Crippen LogP contribution in [0.5, 0.6) is 11.5 Å². The van der Waals surface area contributed by atoms with Crippen LogP contribution < -0.4 is 10.7 Å². The molecule has 1 aromatic heterocycles. The van der Waals surface area contributed by atoms with Gasteiger partial charge in [0.2, 0.25) is 0 Å². The van der Waals surface area contributed by atoms with E-state index in [1.54, 1.807) is 58.9 Å². The zero-order valence-electron chi connectivity index (χ0n) is 24.6. The summed E-state index contributed by atoms with van der Waals surface area (Å²) in [6.07, 6.45) is -1.09. The number of likely N-dealkylation sites (N-methyl/N-ethyl adjacent to an activating group) is 1. The second-order valence-corrected chi connectivity index (χ2v) is 12.4. The topological polar surface area (TPSA) is 139 Å². The van der Waals surface area contributed by atoms with E-state index in [0.717, 1.165) is 6.07 Å². The van der Waals surface area contributed by atoms with Crippen LogP contribution in [0.25, 0.3) is 22.3 Å². The first-order chi connectivity index (χ1) is 19.7. The van der Waals surface area contributed by atoms with Crippen LogP contribution in [0.3, 0.4) is 0 Å². The number of nitrogens with zero attached hydrogens (tertiary/aromatic N) is 1. The number of alkyl carbamates (subject to hydrolysis) is 1. The Labute approximate surface area is 249 Å². The molecule has 0 spiro atoms. The fourth-order valence-corrected chi connectivity index (χ4v) is 5.38. The van der Waals surface area contributed by atoms with Crippen LogP contribution in [0.4, 0.5) is 4.79 Å². The van der Waals surface area contributed by atoms with Gasteiger partial charge in [-0.3, -0.25) is 4.79 Å². The molecule has 1 fully saturated rings. The summed E-state index contributed by atoms with van der Waals surface area (Å²) in [5.41, 5.74) is -0.588. The van der Waals surface area contributed by atoms with Crippen LogP contribution in [0, 0.1) is 5.92 Å². The van der Waals surface area contributed by atoms with Crippen molar-refractivity contribution >= 4 is 34.6 Å². The van der Waals surface area contributed by atoms with Crippen LogP contribution >= 0.6 is 11.6 Å². The smallest absolute Gasteiger partial charge is 0.408 e. The molecule has 0 saturated carbocycles. The maximum atomic E-state index is 13.5. The number of hydrogen-bond acceptors (Lipinski definition) is 9. The molecule has 3 atom stereocenters. The molecule has 2 aromatic carbocycles. The Morgan fingerprint density at radius 2 is 1.83 bits per heavy atom. The number of carbonyl (C=O) groups excluding carboxylic acids is 2. The molecular weight excluding hydrogens is 564 g/mol. The highest BCUT2D eigenvalue weighted by Crippen LogP contribution is 2.43. The summed E-state index contributed by atoms with van der Waals surface area (Å²) < 4.78 is 17.5. The van der Waals surface area contributed by atoms with Gasteiger partial charge in [-0.25, -0.2) is 9.59 Å². The monoisotopic (exact) mass is 600 g/mol. The first kappa shape index (κ1) is 31.2. The van der Waals surface area contributed by atoms with E-state index in [1.807, 2.05) is 11.9 Å². The van der Waals surface area contributed by atoms with E-state index in [1.165, 1.54) is 6.07 Å². The third-order valence-electron chi connectivity index (χ3n) is 7.13. The molecule has 2 heterocycles. The van der Waals surface area contributed by atoms with Crippen molar-refractivity contribution in [2.45, 2.75) is 64.7 Å². The van der Waals surface area contributed by atoms with Crippen molar-refractivity contribution in [2.75, 3.05) is 20.1 Å². The second-order valence-electron chi connectivity index (χ2n) is 12.0. The van der Waals surface area contributed by atoms with Crippen molar-refractivity contribution < 1.29 is 33.7 Å². The van der Waals surface area contributed by atoms with Gasteiger partial charge in [-0.15, -0.1) is 0 Å². The van der Waals surface area contributed by atoms with Gasteiger partial charge >= 0.3 is 12.1 Å². The number of halogens is 1. The van der Waals surface area contributed by atoms with E-state index < -0.39 is 46.9 Å². The highest BCUT2D eigenvalue weighted by Gasteiger charge is 2.39. The zero-order valence-corrected chi connectivity index (χ0v) is 25.3. The van der Waals surface area contributed by atoms with Crippen LogP contribution in [0.15, 0.2) is 45.6 Å². The van der Waals surface area contributed by atoms with Gasteiger partial charge in [0, 0.05) is 35.7 Å². The van der Waals surface area contributed by atoms with Gasteiger partial charge in [0.25, 0.3) is 0 Å². The van der Waals surface area contributed by atoms with E-state index in [-0.39, 0.29) is 34.0 Å². The van der Waals surface area contributed by atoms with Gasteiger partial charge in [0.1, 0.15) is 46.0 Å². The Bertz CT molecular complexity index is 1540. The SMILES string of the molecule is CC(C)[C@H](NC(=O)OC(C)(C)C)C(=O)OC1CN(C)CCC1c1c(O)cc(O)c2c(=O)cc(-c3ccccc3Cl)oc12. The first-order valence-electron chi connectivity index (χ1n) is 13.8. The third kappa shape index (κ3) is 6.82. The fraction of sp³-hybridized carbons (Fsp3) is 0.452. The number of fused-ring (bicyclic) bond motifs is 1. The van der Waals surface area contributed by atoms with Gasteiger partial charge in [-0.2, -0.15) is 0 Å². The van der Waals surface area contributed by atoms with Gasteiger partial charge in [-0.1, -0.05) is 37.6 Å². The van der Waals surface area contributed by atoms with Crippen LogP contribution in [0.2, 0.25) is 5.02 Å². The van der Waals surface area contributed by atoms with Crippen molar-refractivity contribution in [3.8, 4) is 22.8 Å². The van der Waals surface area contributed by atoms with Crippen LogP contribution in [-0.2, 0) is 14.3 Å².